The second-order valence-corrected chi connectivity index (χ2v) is 26.0. The molecule has 11 aromatic rings. The first-order chi connectivity index (χ1) is 33.9. The molecule has 1 N–H and O–H groups in total. The third-order valence-electron chi connectivity index (χ3n) is 16.2. The molecule has 5 heteroatoms. The minimum atomic E-state index is -0.0223. The summed E-state index contributed by atoms with van der Waals surface area (Å²) in [6.45, 7) is 23.8. The Balaban J connectivity index is 1.18. The number of anilines is 2. The lowest BCUT2D eigenvalue weighted by atomic mass is 9.58. The van der Waals surface area contributed by atoms with Crippen molar-refractivity contribution in [2.45, 2.75) is 104 Å². The Bertz CT molecular complexity index is 3980. The number of hydrogen-bond acceptors (Lipinski definition) is 3. The van der Waals surface area contributed by atoms with E-state index < -0.39 is 0 Å². The number of nitrogens with zero attached hydrogens (tertiary/aromatic N) is 1. The fourth-order valence-electron chi connectivity index (χ4n) is 12.1. The number of benzene rings is 8. The molecule has 13 rings (SSSR count). The molecule has 0 fully saturated rings. The highest BCUT2D eigenvalue weighted by Crippen LogP contribution is 2.54. The Labute approximate surface area is 427 Å². The Hall–Kier alpha value is -6.40. The van der Waals surface area contributed by atoms with Gasteiger partial charge in [-0.1, -0.05) is 172 Å². The zero-order valence-electron chi connectivity index (χ0n) is 42.7. The normalized spacial score (nSPS) is 15.1. The average molecular weight is 956 g/mol. The molecule has 2 nitrogen and oxygen atoms in total. The summed E-state index contributed by atoms with van der Waals surface area (Å²) in [5.41, 5.74) is 20.7. The Morgan fingerprint density at radius 3 is 1.87 bits per heavy atom. The van der Waals surface area contributed by atoms with Crippen molar-refractivity contribution < 1.29 is 0 Å². The van der Waals surface area contributed by atoms with Gasteiger partial charge in [-0.25, -0.2) is 0 Å². The highest BCUT2D eigenvalue weighted by Gasteiger charge is 2.39. The Morgan fingerprint density at radius 1 is 0.549 bits per heavy atom. The molecular weight excluding hydrogens is 896 g/mol. The van der Waals surface area contributed by atoms with E-state index in [9.17, 15) is 0 Å². The number of thiophene rings is 2. The lowest BCUT2D eigenvalue weighted by molar-refractivity contribution is 0.332. The first kappa shape index (κ1) is 44.5. The van der Waals surface area contributed by atoms with Crippen molar-refractivity contribution in [1.82, 2.24) is 4.57 Å². The fourth-order valence-corrected chi connectivity index (χ4v) is 14.6. The number of fused-ring (bicyclic) bond motifs is 11. The molecule has 0 spiro atoms. The van der Waals surface area contributed by atoms with Gasteiger partial charge in [-0.3, -0.25) is 0 Å². The van der Waals surface area contributed by atoms with Crippen LogP contribution in [0.2, 0.25) is 0 Å². The lowest BCUT2D eigenvalue weighted by Crippen LogP contribution is -2.37. The summed E-state index contributed by atoms with van der Waals surface area (Å²) in [6.07, 6.45) is 2.30. The van der Waals surface area contributed by atoms with Gasteiger partial charge in [0, 0.05) is 74.1 Å². The summed E-state index contributed by atoms with van der Waals surface area (Å²) in [6, 6.07) is 57.9. The highest BCUT2D eigenvalue weighted by atomic mass is 32.1. The van der Waals surface area contributed by atoms with Crippen molar-refractivity contribution in [3.8, 4) is 38.4 Å². The molecule has 349 valence electrons. The van der Waals surface area contributed by atoms with Crippen LogP contribution in [0.3, 0.4) is 0 Å². The Morgan fingerprint density at radius 2 is 1.18 bits per heavy atom. The molecular formula is C66H60BN2S2. The van der Waals surface area contributed by atoms with Crippen molar-refractivity contribution >= 4 is 104 Å². The molecule has 0 unspecified atom stereocenters. The first-order valence-electron chi connectivity index (χ1n) is 25.5. The second-order valence-electron chi connectivity index (χ2n) is 23.9. The minimum absolute atomic E-state index is 0.00984. The summed E-state index contributed by atoms with van der Waals surface area (Å²) in [7, 11) is 2.57. The standard InChI is InChI=1S/C66H60BN2S2/c1-63(2,3)40-25-28-42(29-26-40)68-50-36-48-47(65(7,8)31-32-66(48,9)10)34-44(50)56-57-43-23-17-18-24-53(43)70-62(57)58-45-33-41(64(4,5)6)27-30-51(45)69-52-35-46-54(37-49(52)67-59(56)60(58)69)71-61(39-21-15-12-16-22-39)55(46)38-19-13-11-14-20-38/h11-30,33-37,68H,31-32H2,1-10H3. The molecule has 0 saturated carbocycles. The lowest BCUT2D eigenvalue weighted by Gasteiger charge is -2.42. The van der Waals surface area contributed by atoms with Crippen LogP contribution < -0.4 is 16.2 Å². The van der Waals surface area contributed by atoms with Crippen LogP contribution in [0.4, 0.5) is 11.4 Å². The molecule has 0 saturated heterocycles. The zero-order valence-corrected chi connectivity index (χ0v) is 44.3. The van der Waals surface area contributed by atoms with Crippen LogP contribution in [0.15, 0.2) is 152 Å². The van der Waals surface area contributed by atoms with Gasteiger partial charge < -0.3 is 9.88 Å². The number of nitrogens with one attached hydrogen (secondary N) is 1. The van der Waals surface area contributed by atoms with Crippen LogP contribution in [0.25, 0.3) is 90.4 Å². The predicted molar refractivity (Wildman–Crippen MR) is 313 cm³/mol. The summed E-state index contributed by atoms with van der Waals surface area (Å²) in [5, 5.41) is 10.8. The van der Waals surface area contributed by atoms with Gasteiger partial charge in [-0.05, 0) is 134 Å². The van der Waals surface area contributed by atoms with Crippen LogP contribution in [-0.4, -0.2) is 11.8 Å². The average Bonchev–Trinajstić information content (AvgIpc) is 4.03. The van der Waals surface area contributed by atoms with Crippen molar-refractivity contribution in [2.75, 3.05) is 5.32 Å². The van der Waals surface area contributed by atoms with Crippen LogP contribution >= 0.6 is 22.7 Å². The summed E-state index contributed by atoms with van der Waals surface area (Å²) >= 11 is 3.88. The van der Waals surface area contributed by atoms with E-state index in [0.29, 0.717) is 0 Å². The predicted octanol–water partition coefficient (Wildman–Crippen LogP) is 18.0. The van der Waals surface area contributed by atoms with Crippen molar-refractivity contribution in [2.24, 2.45) is 0 Å². The van der Waals surface area contributed by atoms with Crippen molar-refractivity contribution in [1.29, 1.82) is 0 Å². The van der Waals surface area contributed by atoms with Gasteiger partial charge in [0.25, 0.3) is 0 Å². The van der Waals surface area contributed by atoms with E-state index in [1.807, 2.05) is 22.7 Å². The molecule has 1 aliphatic carbocycles. The topological polar surface area (TPSA) is 17.0 Å². The minimum Gasteiger partial charge on any atom is -0.355 e. The molecule has 1 aliphatic heterocycles. The third-order valence-corrected chi connectivity index (χ3v) is 18.6. The van der Waals surface area contributed by atoms with Gasteiger partial charge >= 0.3 is 0 Å². The summed E-state index contributed by atoms with van der Waals surface area (Å²) in [4.78, 5) is 1.31. The summed E-state index contributed by atoms with van der Waals surface area (Å²) in [5.74, 6) is 0. The number of rotatable bonds is 5. The SMILES string of the molecule is CC(C)(C)c1ccc(Nc2cc3c(cc2-c2c4c5c(c6cc(C(C)(C)C)ccc6n5-c5cc6c(-c7ccccc7)c(-c7ccccc7)sc6cc5[B]4)c4sc5ccccc5c24)C(C)(C)CCC3(C)C)cc1. The number of hydrogen-bond donors (Lipinski definition) is 1. The van der Waals surface area contributed by atoms with Crippen LogP contribution in [0, 0.1) is 0 Å². The molecule has 2 aliphatic rings. The van der Waals surface area contributed by atoms with E-state index in [2.05, 4.69) is 238 Å². The first-order valence-corrected chi connectivity index (χ1v) is 27.2. The maximum absolute atomic E-state index is 4.12. The molecule has 0 bridgehead atoms. The maximum Gasteiger partial charge on any atom is 0.198 e. The number of aromatic nitrogens is 1. The van der Waals surface area contributed by atoms with E-state index in [0.717, 1.165) is 24.2 Å². The monoisotopic (exact) mass is 955 g/mol. The van der Waals surface area contributed by atoms with E-state index in [-0.39, 0.29) is 21.7 Å². The van der Waals surface area contributed by atoms with Gasteiger partial charge in [0.2, 0.25) is 0 Å². The van der Waals surface area contributed by atoms with Crippen LogP contribution in [0.5, 0.6) is 0 Å². The van der Waals surface area contributed by atoms with Gasteiger partial charge in [-0.2, -0.15) is 0 Å². The Kier molecular flexibility index (Phi) is 9.76. The third kappa shape index (κ3) is 6.93. The summed E-state index contributed by atoms with van der Waals surface area (Å²) < 4.78 is 6.64. The zero-order chi connectivity index (χ0) is 48.9. The van der Waals surface area contributed by atoms with E-state index >= 15 is 0 Å². The van der Waals surface area contributed by atoms with Gasteiger partial charge in [0.1, 0.15) is 0 Å². The fraction of sp³-hybridized carbons (Fsp3) is 0.242. The van der Waals surface area contributed by atoms with E-state index in [1.54, 1.807) is 0 Å². The van der Waals surface area contributed by atoms with Crippen LogP contribution in [0.1, 0.15) is 104 Å². The molecule has 3 aromatic heterocycles. The van der Waals surface area contributed by atoms with Crippen molar-refractivity contribution in [3.63, 3.8) is 0 Å². The molecule has 1 radical (unpaired) electrons. The van der Waals surface area contributed by atoms with Gasteiger partial charge in [-0.15, -0.1) is 22.7 Å². The second kappa shape index (κ2) is 15.6. The highest BCUT2D eigenvalue weighted by molar-refractivity contribution is 7.27. The maximum atomic E-state index is 4.12. The molecule has 71 heavy (non-hydrogen) atoms. The van der Waals surface area contributed by atoms with Gasteiger partial charge in [0.05, 0.1) is 11.0 Å². The van der Waals surface area contributed by atoms with E-state index in [4.69, 9.17) is 0 Å². The molecule has 0 atom stereocenters. The quantitative estimate of drug-likeness (QED) is 0.170. The molecule has 4 heterocycles. The molecule has 8 aromatic carbocycles. The van der Waals surface area contributed by atoms with E-state index in [1.165, 1.54) is 124 Å². The molecule has 0 amide bonds. The largest absolute Gasteiger partial charge is 0.355 e. The smallest absolute Gasteiger partial charge is 0.198 e. The van der Waals surface area contributed by atoms with Crippen LogP contribution in [-0.2, 0) is 21.7 Å². The van der Waals surface area contributed by atoms with Crippen molar-refractivity contribution in [3.05, 3.63) is 174 Å². The van der Waals surface area contributed by atoms with Gasteiger partial charge in [0.15, 0.2) is 7.28 Å².